The molecule has 29 heavy (non-hydrogen) atoms. The van der Waals surface area contributed by atoms with Gasteiger partial charge in [0.1, 0.15) is 11.6 Å². The quantitative estimate of drug-likeness (QED) is 0.720. The normalized spacial score (nSPS) is 21.8. The summed E-state index contributed by atoms with van der Waals surface area (Å²) < 4.78 is 5.89. The Kier molecular flexibility index (Phi) is 6.06. The van der Waals surface area contributed by atoms with E-state index in [1.807, 2.05) is 42.2 Å². The number of hydrogen-bond donors (Lipinski definition) is 0. The molecule has 2 unspecified atom stereocenters. The highest BCUT2D eigenvalue weighted by Crippen LogP contribution is 2.29. The van der Waals surface area contributed by atoms with Gasteiger partial charge in [0.2, 0.25) is 5.91 Å². The molecule has 0 saturated carbocycles. The average molecular weight is 413 g/mol. The number of ether oxygens (including phenoxy) is 1. The fourth-order valence-corrected chi connectivity index (χ4v) is 4.92. The zero-order valence-corrected chi connectivity index (χ0v) is 18.1. The number of carbonyl (C=O) groups excluding carboxylic acids is 1. The van der Waals surface area contributed by atoms with Gasteiger partial charge in [0, 0.05) is 36.5 Å². The Hall–Kier alpha value is -2.12. The van der Waals surface area contributed by atoms with E-state index in [1.165, 1.54) is 0 Å². The molecule has 2 aromatic rings. The Morgan fingerprint density at radius 1 is 1.17 bits per heavy atom. The number of aromatic nitrogens is 2. The molecule has 1 aromatic heterocycles. The lowest BCUT2D eigenvalue weighted by molar-refractivity contribution is -0.129. The summed E-state index contributed by atoms with van der Waals surface area (Å²) in [7, 11) is 0. The molecule has 0 aliphatic carbocycles. The Labute approximate surface area is 176 Å². The third-order valence-corrected chi connectivity index (χ3v) is 6.32. The van der Waals surface area contributed by atoms with Gasteiger partial charge in [0.05, 0.1) is 30.2 Å². The van der Waals surface area contributed by atoms with Gasteiger partial charge in [-0.05, 0) is 32.9 Å². The molecule has 0 spiro atoms. The number of anilines is 1. The topological polar surface area (TPSA) is 58.6 Å². The first-order chi connectivity index (χ1) is 14.0. The first-order valence-electron chi connectivity index (χ1n) is 10.2. The third-order valence-electron chi connectivity index (χ3n) is 5.33. The summed E-state index contributed by atoms with van der Waals surface area (Å²) in [6.45, 7) is 9.06. The first-order valence-corrected chi connectivity index (χ1v) is 11.2. The van der Waals surface area contributed by atoms with Crippen LogP contribution in [0.1, 0.15) is 30.9 Å². The minimum absolute atomic E-state index is 0.160. The van der Waals surface area contributed by atoms with Gasteiger partial charge in [0.25, 0.3) is 0 Å². The fraction of sp³-hybridized carbons (Fsp3) is 0.500. The van der Waals surface area contributed by atoms with Crippen LogP contribution in [0.5, 0.6) is 0 Å². The van der Waals surface area contributed by atoms with E-state index in [-0.39, 0.29) is 18.1 Å². The molecule has 1 fully saturated rings. The third kappa shape index (κ3) is 4.73. The van der Waals surface area contributed by atoms with Gasteiger partial charge >= 0.3 is 0 Å². The van der Waals surface area contributed by atoms with Crippen LogP contribution in [0.15, 0.2) is 35.2 Å². The van der Waals surface area contributed by atoms with Gasteiger partial charge in [-0.2, -0.15) is 0 Å². The number of nitrogens with zero attached hydrogens (tertiary/aromatic N) is 4. The fourth-order valence-electron chi connectivity index (χ4n) is 4.10. The number of amides is 1. The molecule has 1 saturated heterocycles. The minimum Gasteiger partial charge on any atom is -0.372 e. The Morgan fingerprint density at radius 3 is 2.62 bits per heavy atom. The smallest absolute Gasteiger partial charge is 0.233 e. The lowest BCUT2D eigenvalue weighted by Crippen LogP contribution is -2.47. The van der Waals surface area contributed by atoms with Crippen molar-refractivity contribution in [1.29, 1.82) is 0 Å². The minimum atomic E-state index is 0.160. The van der Waals surface area contributed by atoms with Crippen molar-refractivity contribution >= 4 is 23.5 Å². The van der Waals surface area contributed by atoms with Crippen molar-refractivity contribution < 1.29 is 9.53 Å². The number of fused-ring (bicyclic) bond motifs is 1. The lowest BCUT2D eigenvalue weighted by Gasteiger charge is -2.38. The molecule has 4 rings (SSSR count). The monoisotopic (exact) mass is 412 g/mol. The maximum Gasteiger partial charge on any atom is 0.233 e. The standard InChI is InChI=1S/C22H28N4O2S/c1-15-11-26(12-16(2)28-15)22-19-13-25(10-9-20(19)23-17(3)24-22)21(27)14-29-18-7-5-4-6-8-18/h4-8,15-16H,9-14H2,1-3H3. The second-order valence-electron chi connectivity index (χ2n) is 7.85. The van der Waals surface area contributed by atoms with Crippen molar-refractivity contribution in [2.24, 2.45) is 0 Å². The van der Waals surface area contributed by atoms with Crippen molar-refractivity contribution in [3.63, 3.8) is 0 Å². The van der Waals surface area contributed by atoms with E-state index in [9.17, 15) is 4.79 Å². The molecule has 7 heteroatoms. The highest BCUT2D eigenvalue weighted by atomic mass is 32.2. The maximum atomic E-state index is 12.9. The second kappa shape index (κ2) is 8.71. The molecule has 2 aliphatic rings. The van der Waals surface area contributed by atoms with Crippen molar-refractivity contribution in [2.75, 3.05) is 30.3 Å². The lowest BCUT2D eigenvalue weighted by atomic mass is 10.0. The van der Waals surface area contributed by atoms with E-state index in [1.54, 1.807) is 11.8 Å². The molecule has 6 nitrogen and oxygen atoms in total. The van der Waals surface area contributed by atoms with E-state index >= 15 is 0 Å². The van der Waals surface area contributed by atoms with Crippen LogP contribution < -0.4 is 4.90 Å². The van der Waals surface area contributed by atoms with Crippen LogP contribution in [0.4, 0.5) is 5.82 Å². The molecule has 3 heterocycles. The largest absolute Gasteiger partial charge is 0.372 e. The number of rotatable bonds is 4. The first kappa shape index (κ1) is 20.2. The van der Waals surface area contributed by atoms with Crippen LogP contribution in [-0.2, 0) is 22.5 Å². The molecule has 2 aliphatic heterocycles. The van der Waals surface area contributed by atoms with Crippen molar-refractivity contribution in [3.05, 3.63) is 47.4 Å². The SMILES string of the molecule is Cc1nc2c(c(N3CC(C)OC(C)C3)n1)CN(C(=O)CSc1ccccc1)CC2. The molecule has 1 aromatic carbocycles. The Bertz CT molecular complexity index is 867. The highest BCUT2D eigenvalue weighted by Gasteiger charge is 2.30. The summed E-state index contributed by atoms with van der Waals surface area (Å²) in [4.78, 5) is 27.7. The van der Waals surface area contributed by atoms with Gasteiger partial charge in [0.15, 0.2) is 0 Å². The Balaban J connectivity index is 1.51. The maximum absolute atomic E-state index is 12.9. The van der Waals surface area contributed by atoms with Crippen LogP contribution in [0.25, 0.3) is 0 Å². The van der Waals surface area contributed by atoms with Gasteiger partial charge in [-0.1, -0.05) is 18.2 Å². The molecule has 2 atom stereocenters. The van der Waals surface area contributed by atoms with E-state index in [0.29, 0.717) is 18.8 Å². The zero-order chi connectivity index (χ0) is 20.4. The van der Waals surface area contributed by atoms with Crippen LogP contribution in [0, 0.1) is 6.92 Å². The predicted octanol–water partition coefficient (Wildman–Crippen LogP) is 3.08. The zero-order valence-electron chi connectivity index (χ0n) is 17.3. The molecule has 0 bridgehead atoms. The van der Waals surface area contributed by atoms with E-state index in [4.69, 9.17) is 9.72 Å². The molecule has 0 radical (unpaired) electrons. The molecular formula is C22H28N4O2S. The molecular weight excluding hydrogens is 384 g/mol. The van der Waals surface area contributed by atoms with Gasteiger partial charge < -0.3 is 14.5 Å². The second-order valence-corrected chi connectivity index (χ2v) is 8.90. The van der Waals surface area contributed by atoms with Gasteiger partial charge in [-0.3, -0.25) is 4.79 Å². The summed E-state index contributed by atoms with van der Waals surface area (Å²) >= 11 is 1.59. The van der Waals surface area contributed by atoms with Crippen LogP contribution >= 0.6 is 11.8 Å². The van der Waals surface area contributed by atoms with E-state index in [0.717, 1.165) is 47.3 Å². The van der Waals surface area contributed by atoms with Gasteiger partial charge in [-0.25, -0.2) is 9.97 Å². The van der Waals surface area contributed by atoms with E-state index < -0.39 is 0 Å². The van der Waals surface area contributed by atoms with Crippen molar-refractivity contribution in [2.45, 2.75) is 50.8 Å². The predicted molar refractivity (Wildman–Crippen MR) is 115 cm³/mol. The van der Waals surface area contributed by atoms with E-state index in [2.05, 4.69) is 23.7 Å². The molecule has 154 valence electrons. The summed E-state index contributed by atoms with van der Waals surface area (Å²) in [5.74, 6) is 2.39. The summed E-state index contributed by atoms with van der Waals surface area (Å²) in [5.41, 5.74) is 2.18. The molecule has 0 N–H and O–H groups in total. The van der Waals surface area contributed by atoms with Crippen LogP contribution in [0.2, 0.25) is 0 Å². The van der Waals surface area contributed by atoms with Crippen molar-refractivity contribution in [1.82, 2.24) is 14.9 Å². The summed E-state index contributed by atoms with van der Waals surface area (Å²) in [6.07, 6.45) is 1.10. The van der Waals surface area contributed by atoms with Crippen molar-refractivity contribution in [3.8, 4) is 0 Å². The Morgan fingerprint density at radius 2 is 1.90 bits per heavy atom. The summed E-state index contributed by atoms with van der Waals surface area (Å²) in [5, 5.41) is 0. The number of benzene rings is 1. The number of morpholine rings is 1. The van der Waals surface area contributed by atoms with Crippen LogP contribution in [0.3, 0.4) is 0 Å². The number of aryl methyl sites for hydroxylation is 1. The number of thioether (sulfide) groups is 1. The number of carbonyl (C=O) groups is 1. The van der Waals surface area contributed by atoms with Gasteiger partial charge in [-0.15, -0.1) is 11.8 Å². The highest BCUT2D eigenvalue weighted by molar-refractivity contribution is 8.00. The van der Waals surface area contributed by atoms with Crippen LogP contribution in [-0.4, -0.2) is 58.4 Å². The number of hydrogen-bond acceptors (Lipinski definition) is 6. The summed E-state index contributed by atoms with van der Waals surface area (Å²) in [6, 6.07) is 10.1. The average Bonchev–Trinajstić information content (AvgIpc) is 2.71. The molecule has 1 amide bonds.